The molecule has 0 bridgehead atoms. The second-order valence-electron chi connectivity index (χ2n) is 10.3. The maximum Gasteiger partial charge on any atom is 0.245 e. The van der Waals surface area contributed by atoms with Crippen molar-refractivity contribution in [1.29, 1.82) is 0 Å². The number of nitrogens with one attached hydrogen (secondary N) is 2. The van der Waals surface area contributed by atoms with Gasteiger partial charge in [-0.2, -0.15) is 0 Å². The predicted molar refractivity (Wildman–Crippen MR) is 147 cm³/mol. The lowest BCUT2D eigenvalue weighted by Crippen LogP contribution is -2.52. The van der Waals surface area contributed by atoms with Crippen LogP contribution in [0.2, 0.25) is 0 Å². The molecule has 2 unspecified atom stereocenters. The van der Waals surface area contributed by atoms with Crippen molar-refractivity contribution in [3.63, 3.8) is 0 Å². The molecular formula is C31H41N3O2. The number of aromatic nitrogens is 1. The normalized spacial score (nSPS) is 16.1. The number of unbranched alkanes of at least 4 members (excludes halogenated alkanes) is 1. The molecule has 0 aliphatic carbocycles. The van der Waals surface area contributed by atoms with Crippen LogP contribution in [0.15, 0.2) is 60.8 Å². The number of para-hydroxylation sites is 1. The summed E-state index contributed by atoms with van der Waals surface area (Å²) in [6, 6.07) is 18.2. The number of H-pyrrole nitrogens is 1. The highest BCUT2D eigenvalue weighted by atomic mass is 16.2. The van der Waals surface area contributed by atoms with Crippen LogP contribution in [-0.4, -0.2) is 40.8 Å². The number of hydrogen-bond donors (Lipinski definition) is 2. The monoisotopic (exact) mass is 487 g/mol. The number of fused-ring (bicyclic) bond motifs is 1. The first-order chi connectivity index (χ1) is 17.6. The maximum absolute atomic E-state index is 13.8. The van der Waals surface area contributed by atoms with Crippen molar-refractivity contribution in [2.24, 2.45) is 11.8 Å². The second kappa shape index (κ2) is 12.8. The SMILES string of the molecule is CCCCC(CC)C(=O)NC(Cc1c[nH]c2ccccc12)C(=O)N1CCC(Cc2ccccc2)CC1. The van der Waals surface area contributed by atoms with Crippen LogP contribution in [0.3, 0.4) is 0 Å². The maximum atomic E-state index is 13.8. The van der Waals surface area contributed by atoms with Crippen LogP contribution in [0.25, 0.3) is 10.9 Å². The van der Waals surface area contributed by atoms with Crippen LogP contribution in [0, 0.1) is 11.8 Å². The Balaban J connectivity index is 1.45. The molecule has 2 atom stereocenters. The molecule has 2 aromatic carbocycles. The van der Waals surface area contributed by atoms with Crippen molar-refractivity contribution in [3.05, 3.63) is 71.9 Å². The van der Waals surface area contributed by atoms with E-state index in [9.17, 15) is 9.59 Å². The number of carbonyl (C=O) groups is 2. The average Bonchev–Trinajstić information content (AvgIpc) is 3.32. The fourth-order valence-electron chi connectivity index (χ4n) is 5.51. The zero-order valence-electron chi connectivity index (χ0n) is 21.8. The Morgan fingerprint density at radius 2 is 1.75 bits per heavy atom. The fraction of sp³-hybridized carbons (Fsp3) is 0.484. The van der Waals surface area contributed by atoms with Gasteiger partial charge in [-0.15, -0.1) is 0 Å². The summed E-state index contributed by atoms with van der Waals surface area (Å²) in [7, 11) is 0. The van der Waals surface area contributed by atoms with Crippen molar-refractivity contribution in [1.82, 2.24) is 15.2 Å². The van der Waals surface area contributed by atoms with Gasteiger partial charge in [0, 0.05) is 42.5 Å². The Morgan fingerprint density at radius 1 is 1.03 bits per heavy atom. The summed E-state index contributed by atoms with van der Waals surface area (Å²) in [5.41, 5.74) is 3.50. The number of nitrogens with zero attached hydrogens (tertiary/aromatic N) is 1. The van der Waals surface area contributed by atoms with Gasteiger partial charge in [0.05, 0.1) is 0 Å². The minimum Gasteiger partial charge on any atom is -0.361 e. The van der Waals surface area contributed by atoms with Gasteiger partial charge in [0.2, 0.25) is 11.8 Å². The number of carbonyl (C=O) groups excluding carboxylic acids is 2. The molecule has 192 valence electrons. The lowest BCUT2D eigenvalue weighted by molar-refractivity contribution is -0.138. The van der Waals surface area contributed by atoms with E-state index in [2.05, 4.69) is 60.5 Å². The van der Waals surface area contributed by atoms with Crippen LogP contribution in [-0.2, 0) is 22.4 Å². The van der Waals surface area contributed by atoms with E-state index < -0.39 is 6.04 Å². The molecule has 2 heterocycles. The van der Waals surface area contributed by atoms with E-state index in [1.54, 1.807) is 0 Å². The van der Waals surface area contributed by atoms with E-state index >= 15 is 0 Å². The van der Waals surface area contributed by atoms with Gasteiger partial charge in [0.15, 0.2) is 0 Å². The number of piperidine rings is 1. The van der Waals surface area contributed by atoms with Crippen molar-refractivity contribution in [3.8, 4) is 0 Å². The molecule has 0 saturated carbocycles. The van der Waals surface area contributed by atoms with Crippen molar-refractivity contribution >= 4 is 22.7 Å². The van der Waals surface area contributed by atoms with Crippen LogP contribution in [0.5, 0.6) is 0 Å². The van der Waals surface area contributed by atoms with Gasteiger partial charge in [-0.05, 0) is 55.2 Å². The summed E-state index contributed by atoms with van der Waals surface area (Å²) >= 11 is 0. The molecule has 5 nitrogen and oxygen atoms in total. The summed E-state index contributed by atoms with van der Waals surface area (Å²) < 4.78 is 0. The molecule has 0 spiro atoms. The topological polar surface area (TPSA) is 65.2 Å². The zero-order chi connectivity index (χ0) is 25.3. The third-order valence-electron chi connectivity index (χ3n) is 7.78. The molecular weight excluding hydrogens is 446 g/mol. The summed E-state index contributed by atoms with van der Waals surface area (Å²) in [6.45, 7) is 5.72. The van der Waals surface area contributed by atoms with Crippen LogP contribution >= 0.6 is 0 Å². The number of benzene rings is 2. The van der Waals surface area contributed by atoms with E-state index in [4.69, 9.17) is 0 Å². The van der Waals surface area contributed by atoms with E-state index in [1.165, 1.54) is 5.56 Å². The lowest BCUT2D eigenvalue weighted by atomic mass is 9.89. The summed E-state index contributed by atoms with van der Waals surface area (Å²) in [5, 5.41) is 4.30. The molecule has 36 heavy (non-hydrogen) atoms. The van der Waals surface area contributed by atoms with E-state index in [0.717, 1.165) is 74.5 Å². The first-order valence-corrected chi connectivity index (χ1v) is 13.8. The van der Waals surface area contributed by atoms with Crippen molar-refractivity contribution < 1.29 is 9.59 Å². The fourth-order valence-corrected chi connectivity index (χ4v) is 5.51. The minimum atomic E-state index is -0.543. The molecule has 3 aromatic rings. The first-order valence-electron chi connectivity index (χ1n) is 13.8. The molecule has 4 rings (SSSR count). The van der Waals surface area contributed by atoms with Crippen LogP contribution < -0.4 is 5.32 Å². The highest BCUT2D eigenvalue weighted by Crippen LogP contribution is 2.24. The van der Waals surface area contributed by atoms with Gasteiger partial charge < -0.3 is 15.2 Å². The predicted octanol–water partition coefficient (Wildman–Crippen LogP) is 5.89. The molecule has 2 amide bonds. The lowest BCUT2D eigenvalue weighted by Gasteiger charge is -2.35. The van der Waals surface area contributed by atoms with Gasteiger partial charge in [-0.25, -0.2) is 0 Å². The zero-order valence-corrected chi connectivity index (χ0v) is 21.8. The van der Waals surface area contributed by atoms with E-state index in [1.807, 2.05) is 29.3 Å². The Bertz CT molecular complexity index is 1120. The Kier molecular flexibility index (Phi) is 9.21. The summed E-state index contributed by atoms with van der Waals surface area (Å²) in [5.74, 6) is 0.622. The van der Waals surface area contributed by atoms with Crippen LogP contribution in [0.1, 0.15) is 63.5 Å². The molecule has 1 aromatic heterocycles. The molecule has 5 heteroatoms. The standard InChI is InChI=1S/C31H41N3O2/c1-3-5-13-25(4-2)30(35)33-29(21-26-22-32-28-15-10-9-14-27(26)28)31(36)34-18-16-24(17-19-34)20-23-11-7-6-8-12-23/h6-12,14-15,22,24-25,29,32H,3-5,13,16-21H2,1-2H3,(H,33,35). The van der Waals surface area contributed by atoms with E-state index in [0.29, 0.717) is 12.3 Å². The number of hydrogen-bond acceptors (Lipinski definition) is 2. The van der Waals surface area contributed by atoms with Gasteiger partial charge in [-0.1, -0.05) is 75.2 Å². The molecule has 1 aliphatic rings. The number of likely N-dealkylation sites (tertiary alicyclic amines) is 1. The molecule has 1 fully saturated rings. The largest absolute Gasteiger partial charge is 0.361 e. The highest BCUT2D eigenvalue weighted by Gasteiger charge is 2.31. The van der Waals surface area contributed by atoms with Gasteiger partial charge in [0.1, 0.15) is 6.04 Å². The third kappa shape index (κ3) is 6.57. The second-order valence-corrected chi connectivity index (χ2v) is 10.3. The molecule has 0 radical (unpaired) electrons. The third-order valence-corrected chi connectivity index (χ3v) is 7.78. The summed E-state index contributed by atoms with van der Waals surface area (Å²) in [6.07, 6.45) is 9.32. The highest BCUT2D eigenvalue weighted by molar-refractivity contribution is 5.90. The Morgan fingerprint density at radius 3 is 2.47 bits per heavy atom. The van der Waals surface area contributed by atoms with Gasteiger partial charge >= 0.3 is 0 Å². The summed E-state index contributed by atoms with van der Waals surface area (Å²) in [4.78, 5) is 32.3. The molecule has 2 N–H and O–H groups in total. The average molecular weight is 488 g/mol. The smallest absolute Gasteiger partial charge is 0.245 e. The molecule has 1 saturated heterocycles. The number of rotatable bonds is 11. The van der Waals surface area contributed by atoms with Gasteiger partial charge in [-0.3, -0.25) is 9.59 Å². The van der Waals surface area contributed by atoms with Crippen molar-refractivity contribution in [2.45, 2.75) is 71.3 Å². The number of amides is 2. The molecule has 1 aliphatic heterocycles. The minimum absolute atomic E-state index is 0.0168. The quantitative estimate of drug-likeness (QED) is 0.354. The van der Waals surface area contributed by atoms with Gasteiger partial charge in [0.25, 0.3) is 0 Å². The van der Waals surface area contributed by atoms with Crippen molar-refractivity contribution in [2.75, 3.05) is 13.1 Å². The Labute approximate surface area is 215 Å². The Hall–Kier alpha value is -3.08. The number of aromatic amines is 1. The van der Waals surface area contributed by atoms with E-state index in [-0.39, 0.29) is 17.7 Å². The van der Waals surface area contributed by atoms with Crippen LogP contribution in [0.4, 0.5) is 0 Å². The first kappa shape index (κ1) is 26.0.